The van der Waals surface area contributed by atoms with Crippen LogP contribution in [-0.4, -0.2) is 28.6 Å². The molecule has 0 aliphatic rings. The standard InChI is InChI=1S/C13H17N3O2/c1-2-9(7-17)16-13(18)11-6-15-12-4-3-8(14)5-10(11)12/h3-6,9,15,17H,2,7,14H2,1H3,(H,16,18)/t9-/m1/s1. The van der Waals surface area contributed by atoms with Crippen LogP contribution in [0.15, 0.2) is 24.4 Å². The molecule has 18 heavy (non-hydrogen) atoms. The third-order valence-corrected chi connectivity index (χ3v) is 3.00. The first-order valence-corrected chi connectivity index (χ1v) is 5.94. The van der Waals surface area contributed by atoms with E-state index in [-0.39, 0.29) is 18.6 Å². The Labute approximate surface area is 105 Å². The van der Waals surface area contributed by atoms with E-state index in [1.165, 1.54) is 0 Å². The number of aromatic amines is 1. The van der Waals surface area contributed by atoms with Gasteiger partial charge in [0, 0.05) is 22.8 Å². The fourth-order valence-electron chi connectivity index (χ4n) is 1.87. The number of fused-ring (bicyclic) bond motifs is 1. The van der Waals surface area contributed by atoms with Crippen molar-refractivity contribution in [1.82, 2.24) is 10.3 Å². The van der Waals surface area contributed by atoms with Crippen molar-refractivity contribution in [2.24, 2.45) is 0 Å². The number of carbonyl (C=O) groups excluding carboxylic acids is 1. The van der Waals surface area contributed by atoms with Crippen molar-refractivity contribution < 1.29 is 9.90 Å². The highest BCUT2D eigenvalue weighted by atomic mass is 16.3. The molecule has 5 nitrogen and oxygen atoms in total. The highest BCUT2D eigenvalue weighted by Gasteiger charge is 2.15. The van der Waals surface area contributed by atoms with Gasteiger partial charge in [0.05, 0.1) is 18.2 Å². The van der Waals surface area contributed by atoms with E-state index in [4.69, 9.17) is 10.8 Å². The number of carbonyl (C=O) groups is 1. The fourth-order valence-corrected chi connectivity index (χ4v) is 1.87. The number of benzene rings is 1. The molecular formula is C13H17N3O2. The summed E-state index contributed by atoms with van der Waals surface area (Å²) < 4.78 is 0. The van der Waals surface area contributed by atoms with Crippen molar-refractivity contribution in [2.45, 2.75) is 19.4 Å². The Bertz CT molecular complexity index is 558. The summed E-state index contributed by atoms with van der Waals surface area (Å²) in [6.07, 6.45) is 2.34. The first-order chi connectivity index (χ1) is 8.65. The minimum atomic E-state index is -0.219. The maximum absolute atomic E-state index is 12.1. The van der Waals surface area contributed by atoms with Gasteiger partial charge >= 0.3 is 0 Å². The molecule has 0 spiro atoms. The molecule has 5 heteroatoms. The van der Waals surface area contributed by atoms with Crippen LogP contribution < -0.4 is 11.1 Å². The number of amides is 1. The van der Waals surface area contributed by atoms with Gasteiger partial charge in [-0.2, -0.15) is 0 Å². The second kappa shape index (κ2) is 5.10. The summed E-state index contributed by atoms with van der Waals surface area (Å²) in [5.41, 5.74) is 7.75. The molecule has 1 heterocycles. The number of nitrogens with two attached hydrogens (primary N) is 1. The van der Waals surface area contributed by atoms with E-state index in [0.29, 0.717) is 17.7 Å². The van der Waals surface area contributed by atoms with Crippen LogP contribution in [0, 0.1) is 0 Å². The molecule has 0 aliphatic heterocycles. The minimum Gasteiger partial charge on any atom is -0.399 e. The van der Waals surface area contributed by atoms with Crippen LogP contribution in [0.2, 0.25) is 0 Å². The van der Waals surface area contributed by atoms with E-state index in [2.05, 4.69) is 10.3 Å². The Morgan fingerprint density at radius 3 is 3.00 bits per heavy atom. The summed E-state index contributed by atoms with van der Waals surface area (Å²) in [5.74, 6) is -0.201. The summed E-state index contributed by atoms with van der Waals surface area (Å²) in [4.78, 5) is 15.1. The van der Waals surface area contributed by atoms with Gasteiger partial charge in [-0.3, -0.25) is 4.79 Å². The Hall–Kier alpha value is -2.01. The first-order valence-electron chi connectivity index (χ1n) is 5.94. The molecule has 2 aromatic rings. The van der Waals surface area contributed by atoms with Gasteiger partial charge in [0.15, 0.2) is 0 Å². The molecule has 1 aromatic heterocycles. The lowest BCUT2D eigenvalue weighted by molar-refractivity contribution is 0.0916. The molecule has 0 aliphatic carbocycles. The third-order valence-electron chi connectivity index (χ3n) is 3.00. The van der Waals surface area contributed by atoms with Crippen LogP contribution in [0.3, 0.4) is 0 Å². The molecule has 5 N–H and O–H groups in total. The van der Waals surface area contributed by atoms with Crippen molar-refractivity contribution in [3.8, 4) is 0 Å². The van der Waals surface area contributed by atoms with Crippen molar-refractivity contribution in [3.05, 3.63) is 30.0 Å². The number of aliphatic hydroxyl groups is 1. The van der Waals surface area contributed by atoms with Gasteiger partial charge in [0.2, 0.25) is 0 Å². The zero-order valence-corrected chi connectivity index (χ0v) is 10.2. The molecule has 1 aromatic carbocycles. The van der Waals surface area contributed by atoms with Crippen molar-refractivity contribution in [3.63, 3.8) is 0 Å². The summed E-state index contributed by atoms with van der Waals surface area (Å²) in [7, 11) is 0. The lowest BCUT2D eigenvalue weighted by Gasteiger charge is -2.13. The number of nitrogen functional groups attached to an aromatic ring is 1. The van der Waals surface area contributed by atoms with Gasteiger partial charge in [-0.25, -0.2) is 0 Å². The lowest BCUT2D eigenvalue weighted by atomic mass is 10.1. The van der Waals surface area contributed by atoms with Crippen LogP contribution in [0.5, 0.6) is 0 Å². The largest absolute Gasteiger partial charge is 0.399 e. The van der Waals surface area contributed by atoms with E-state index < -0.39 is 0 Å². The molecule has 1 atom stereocenters. The number of hydrogen-bond donors (Lipinski definition) is 4. The molecule has 0 saturated heterocycles. The zero-order valence-electron chi connectivity index (χ0n) is 10.2. The summed E-state index contributed by atoms with van der Waals surface area (Å²) in [5, 5.41) is 12.7. The quantitative estimate of drug-likeness (QED) is 0.613. The molecule has 1 amide bonds. The SMILES string of the molecule is CC[C@H](CO)NC(=O)c1c[nH]c2ccc(N)cc12. The number of hydrogen-bond acceptors (Lipinski definition) is 3. The number of aliphatic hydroxyl groups excluding tert-OH is 1. The Morgan fingerprint density at radius 1 is 1.56 bits per heavy atom. The molecule has 96 valence electrons. The number of aromatic nitrogens is 1. The second-order valence-corrected chi connectivity index (χ2v) is 4.27. The number of H-pyrrole nitrogens is 1. The Morgan fingerprint density at radius 2 is 2.33 bits per heavy atom. The maximum Gasteiger partial charge on any atom is 0.253 e. The first kappa shape index (κ1) is 12.4. The molecule has 0 bridgehead atoms. The Kier molecular flexibility index (Phi) is 3.53. The maximum atomic E-state index is 12.1. The molecule has 0 unspecified atom stereocenters. The average molecular weight is 247 g/mol. The van der Waals surface area contributed by atoms with Gasteiger partial charge in [0.25, 0.3) is 5.91 Å². The molecule has 2 rings (SSSR count). The molecular weight excluding hydrogens is 230 g/mol. The van der Waals surface area contributed by atoms with E-state index in [1.807, 2.05) is 13.0 Å². The highest BCUT2D eigenvalue weighted by Crippen LogP contribution is 2.20. The number of nitrogens with one attached hydrogen (secondary N) is 2. The second-order valence-electron chi connectivity index (χ2n) is 4.27. The molecule has 0 saturated carbocycles. The topological polar surface area (TPSA) is 91.1 Å². The monoisotopic (exact) mass is 247 g/mol. The number of anilines is 1. The van der Waals surface area contributed by atoms with Crippen LogP contribution in [0.4, 0.5) is 5.69 Å². The number of rotatable bonds is 4. The molecule has 0 fully saturated rings. The smallest absolute Gasteiger partial charge is 0.253 e. The van der Waals surface area contributed by atoms with E-state index >= 15 is 0 Å². The van der Waals surface area contributed by atoms with E-state index in [0.717, 1.165) is 10.9 Å². The molecule has 0 radical (unpaired) electrons. The van der Waals surface area contributed by atoms with E-state index in [9.17, 15) is 4.79 Å². The van der Waals surface area contributed by atoms with Gasteiger partial charge in [-0.05, 0) is 24.6 Å². The van der Waals surface area contributed by atoms with Gasteiger partial charge in [0.1, 0.15) is 0 Å². The predicted octanol–water partition coefficient (Wildman–Crippen LogP) is 1.25. The van der Waals surface area contributed by atoms with Crippen LogP contribution in [0.25, 0.3) is 10.9 Å². The van der Waals surface area contributed by atoms with Crippen LogP contribution >= 0.6 is 0 Å². The van der Waals surface area contributed by atoms with Gasteiger partial charge < -0.3 is 21.1 Å². The lowest BCUT2D eigenvalue weighted by Crippen LogP contribution is -2.36. The summed E-state index contributed by atoms with van der Waals surface area (Å²) in [6, 6.07) is 5.16. The van der Waals surface area contributed by atoms with Crippen molar-refractivity contribution in [1.29, 1.82) is 0 Å². The minimum absolute atomic E-state index is 0.0628. The van der Waals surface area contributed by atoms with E-state index in [1.54, 1.807) is 18.3 Å². The Balaban J connectivity index is 2.30. The van der Waals surface area contributed by atoms with Gasteiger partial charge in [-0.1, -0.05) is 6.92 Å². The normalized spacial score (nSPS) is 12.6. The van der Waals surface area contributed by atoms with Crippen molar-refractivity contribution >= 4 is 22.5 Å². The summed E-state index contributed by atoms with van der Waals surface area (Å²) in [6.45, 7) is 1.85. The fraction of sp³-hybridized carbons (Fsp3) is 0.308. The summed E-state index contributed by atoms with van der Waals surface area (Å²) >= 11 is 0. The third kappa shape index (κ3) is 2.31. The van der Waals surface area contributed by atoms with Gasteiger partial charge in [-0.15, -0.1) is 0 Å². The van der Waals surface area contributed by atoms with Crippen molar-refractivity contribution in [2.75, 3.05) is 12.3 Å². The highest BCUT2D eigenvalue weighted by molar-refractivity contribution is 6.07. The average Bonchev–Trinajstić information content (AvgIpc) is 2.78. The predicted molar refractivity (Wildman–Crippen MR) is 71.3 cm³/mol. The van der Waals surface area contributed by atoms with Crippen LogP contribution in [0.1, 0.15) is 23.7 Å². The van der Waals surface area contributed by atoms with Crippen LogP contribution in [-0.2, 0) is 0 Å². The zero-order chi connectivity index (χ0) is 13.1.